The Balaban J connectivity index is 3.24. The molecule has 0 aliphatic carbocycles. The van der Waals surface area contributed by atoms with Crippen LogP contribution < -0.4 is 5.73 Å². The number of carbonyl (C=O) groups is 2. The Kier molecular flexibility index (Phi) is 3.06. The molecule has 3 nitrogen and oxygen atoms in total. The fraction of sp³-hybridized carbons (Fsp3) is 0.400. The van der Waals surface area contributed by atoms with Crippen LogP contribution in [0.4, 0.5) is 0 Å². The number of primary amides is 1. The molecule has 1 aromatic rings. The molecule has 0 aromatic carbocycles. The normalized spacial score (nSPS) is 10.2. The summed E-state index contributed by atoms with van der Waals surface area (Å²) in [5.74, 6) is -0.392. The second kappa shape index (κ2) is 3.92. The van der Waals surface area contributed by atoms with E-state index in [-0.39, 0.29) is 12.2 Å². The van der Waals surface area contributed by atoms with Gasteiger partial charge in [-0.2, -0.15) is 0 Å². The van der Waals surface area contributed by atoms with Gasteiger partial charge in [0.25, 0.3) is 0 Å². The molecule has 14 heavy (non-hydrogen) atoms. The predicted molar refractivity (Wildman–Crippen MR) is 56.7 cm³/mol. The van der Waals surface area contributed by atoms with E-state index in [0.717, 1.165) is 15.3 Å². The van der Waals surface area contributed by atoms with E-state index in [9.17, 15) is 9.59 Å². The van der Waals surface area contributed by atoms with E-state index in [4.69, 9.17) is 5.73 Å². The molecular formula is C10H13NO2S. The molecule has 0 saturated carbocycles. The minimum absolute atomic E-state index is 0.00287. The van der Waals surface area contributed by atoms with Crippen LogP contribution in [0.3, 0.4) is 0 Å². The van der Waals surface area contributed by atoms with Gasteiger partial charge in [-0.05, 0) is 26.3 Å². The number of hydrogen-bond donors (Lipinski definition) is 1. The summed E-state index contributed by atoms with van der Waals surface area (Å²) in [5, 5.41) is 0. The highest BCUT2D eigenvalue weighted by Gasteiger charge is 2.17. The zero-order chi connectivity index (χ0) is 10.9. The first-order valence-corrected chi connectivity index (χ1v) is 5.13. The maximum Gasteiger partial charge on any atom is 0.221 e. The molecule has 4 heteroatoms. The lowest BCUT2D eigenvalue weighted by molar-refractivity contribution is -0.117. The summed E-state index contributed by atoms with van der Waals surface area (Å²) in [5.41, 5.74) is 6.60. The summed E-state index contributed by atoms with van der Waals surface area (Å²) in [6, 6.07) is 0. The highest BCUT2D eigenvalue weighted by molar-refractivity contribution is 7.12. The molecular weight excluding hydrogens is 198 g/mol. The zero-order valence-electron chi connectivity index (χ0n) is 8.51. The van der Waals surface area contributed by atoms with Crippen molar-refractivity contribution >= 4 is 23.0 Å². The van der Waals surface area contributed by atoms with Crippen LogP contribution in [0.1, 0.15) is 32.6 Å². The Bertz CT molecular complexity index is 393. The minimum Gasteiger partial charge on any atom is -0.369 e. The van der Waals surface area contributed by atoms with Gasteiger partial charge in [0.15, 0.2) is 5.78 Å². The molecule has 1 amide bonds. The van der Waals surface area contributed by atoms with Crippen molar-refractivity contribution in [3.8, 4) is 0 Å². The first-order valence-electron chi connectivity index (χ1n) is 4.31. The molecule has 0 radical (unpaired) electrons. The van der Waals surface area contributed by atoms with Crippen molar-refractivity contribution < 1.29 is 9.59 Å². The van der Waals surface area contributed by atoms with E-state index in [2.05, 4.69) is 0 Å². The Morgan fingerprint density at radius 1 is 1.29 bits per heavy atom. The second-order valence-electron chi connectivity index (χ2n) is 3.27. The van der Waals surface area contributed by atoms with Crippen molar-refractivity contribution in [2.45, 2.75) is 27.2 Å². The number of hydrogen-bond acceptors (Lipinski definition) is 3. The number of rotatable bonds is 3. The molecule has 0 saturated heterocycles. The van der Waals surface area contributed by atoms with Gasteiger partial charge >= 0.3 is 0 Å². The third kappa shape index (κ3) is 2.01. The summed E-state index contributed by atoms with van der Waals surface area (Å²) in [7, 11) is 0. The number of nitrogens with two attached hydrogens (primary N) is 1. The van der Waals surface area contributed by atoms with Crippen molar-refractivity contribution in [3.63, 3.8) is 0 Å². The van der Waals surface area contributed by atoms with Crippen LogP contribution in [0.5, 0.6) is 0 Å². The number of aryl methyl sites for hydroxylation is 2. The highest BCUT2D eigenvalue weighted by atomic mass is 32.1. The number of thiophene rings is 1. The monoisotopic (exact) mass is 211 g/mol. The number of Topliss-reactive ketones (excluding diaryl/α,β-unsaturated/α-hetero) is 1. The molecule has 2 N–H and O–H groups in total. The molecule has 0 unspecified atom stereocenters. The number of ketones is 1. The van der Waals surface area contributed by atoms with Gasteiger partial charge in [0.1, 0.15) is 0 Å². The first kappa shape index (κ1) is 10.9. The van der Waals surface area contributed by atoms with Crippen molar-refractivity contribution in [3.05, 3.63) is 20.9 Å². The predicted octanol–water partition coefficient (Wildman–Crippen LogP) is 1.60. The number of carbonyl (C=O) groups excluding carboxylic acids is 2. The van der Waals surface area contributed by atoms with Gasteiger partial charge < -0.3 is 5.73 Å². The number of amides is 1. The quantitative estimate of drug-likeness (QED) is 0.772. The molecule has 1 heterocycles. The highest BCUT2D eigenvalue weighted by Crippen LogP contribution is 2.28. The Hall–Kier alpha value is -1.16. The van der Waals surface area contributed by atoms with Crippen LogP contribution in [0.25, 0.3) is 0 Å². The lowest BCUT2D eigenvalue weighted by Crippen LogP contribution is -2.15. The van der Waals surface area contributed by atoms with E-state index in [0.29, 0.717) is 5.56 Å². The van der Waals surface area contributed by atoms with Gasteiger partial charge in [-0.1, -0.05) is 0 Å². The van der Waals surface area contributed by atoms with Crippen LogP contribution in [0.15, 0.2) is 0 Å². The van der Waals surface area contributed by atoms with E-state index >= 15 is 0 Å². The van der Waals surface area contributed by atoms with Gasteiger partial charge in [-0.25, -0.2) is 0 Å². The summed E-state index contributed by atoms with van der Waals surface area (Å²) in [6.45, 7) is 5.31. The zero-order valence-corrected chi connectivity index (χ0v) is 9.33. The fourth-order valence-corrected chi connectivity index (χ4v) is 2.70. The largest absolute Gasteiger partial charge is 0.369 e. The van der Waals surface area contributed by atoms with E-state index < -0.39 is 5.91 Å². The lowest BCUT2D eigenvalue weighted by Gasteiger charge is -2.00. The van der Waals surface area contributed by atoms with Gasteiger partial charge in [0.2, 0.25) is 5.91 Å². The van der Waals surface area contributed by atoms with Crippen LogP contribution >= 0.6 is 11.3 Å². The van der Waals surface area contributed by atoms with E-state index in [1.165, 1.54) is 18.3 Å². The molecule has 76 valence electrons. The third-order valence-corrected chi connectivity index (χ3v) is 3.15. The van der Waals surface area contributed by atoms with Crippen molar-refractivity contribution in [2.24, 2.45) is 5.73 Å². The minimum atomic E-state index is -0.395. The van der Waals surface area contributed by atoms with Crippen molar-refractivity contribution in [2.75, 3.05) is 0 Å². The summed E-state index contributed by atoms with van der Waals surface area (Å²) in [6.07, 6.45) is 0.158. The summed E-state index contributed by atoms with van der Waals surface area (Å²) >= 11 is 1.54. The summed E-state index contributed by atoms with van der Waals surface area (Å²) in [4.78, 5) is 24.1. The van der Waals surface area contributed by atoms with Gasteiger partial charge in [0.05, 0.1) is 6.42 Å². The Labute approximate surface area is 86.9 Å². The topological polar surface area (TPSA) is 60.2 Å². The fourth-order valence-electron chi connectivity index (χ4n) is 1.58. The maximum absolute atomic E-state index is 11.3. The van der Waals surface area contributed by atoms with Crippen LogP contribution in [0, 0.1) is 13.8 Å². The summed E-state index contributed by atoms with van der Waals surface area (Å²) < 4.78 is 0. The molecule has 0 spiro atoms. The smallest absolute Gasteiger partial charge is 0.221 e. The maximum atomic E-state index is 11.3. The molecule has 0 atom stereocenters. The van der Waals surface area contributed by atoms with Gasteiger partial charge in [0, 0.05) is 15.3 Å². The van der Waals surface area contributed by atoms with Gasteiger partial charge in [-0.15, -0.1) is 11.3 Å². The first-order chi connectivity index (χ1) is 6.43. The molecule has 0 bridgehead atoms. The second-order valence-corrected chi connectivity index (χ2v) is 4.70. The van der Waals surface area contributed by atoms with Crippen molar-refractivity contribution in [1.82, 2.24) is 0 Å². The molecule has 0 fully saturated rings. The van der Waals surface area contributed by atoms with Crippen LogP contribution in [0.2, 0.25) is 0 Å². The average Bonchev–Trinajstić information content (AvgIpc) is 2.25. The van der Waals surface area contributed by atoms with Gasteiger partial charge in [-0.3, -0.25) is 9.59 Å². The molecule has 1 aromatic heterocycles. The van der Waals surface area contributed by atoms with Crippen LogP contribution in [-0.2, 0) is 11.2 Å². The van der Waals surface area contributed by atoms with E-state index in [1.54, 1.807) is 0 Å². The van der Waals surface area contributed by atoms with E-state index in [1.807, 2.05) is 13.8 Å². The standard InChI is InChI=1S/C10H13NO2S/c1-5(12)10-7(3)14-6(2)8(10)4-9(11)13/h4H2,1-3H3,(H2,11,13). The Morgan fingerprint density at radius 3 is 2.29 bits per heavy atom. The van der Waals surface area contributed by atoms with Crippen LogP contribution in [-0.4, -0.2) is 11.7 Å². The van der Waals surface area contributed by atoms with Crippen molar-refractivity contribution in [1.29, 1.82) is 0 Å². The molecule has 1 rings (SSSR count). The SMILES string of the molecule is CC(=O)c1c(C)sc(C)c1CC(N)=O. The third-order valence-electron chi connectivity index (χ3n) is 2.09. The lowest BCUT2D eigenvalue weighted by atomic mass is 10.0. The molecule has 0 aliphatic heterocycles. The molecule has 0 aliphatic rings. The average molecular weight is 211 g/mol. The Morgan fingerprint density at radius 2 is 1.86 bits per heavy atom.